The van der Waals surface area contributed by atoms with E-state index in [1.165, 1.54) is 12.1 Å². The molecule has 0 spiro atoms. The summed E-state index contributed by atoms with van der Waals surface area (Å²) in [5.41, 5.74) is 0.393. The van der Waals surface area contributed by atoms with Crippen molar-refractivity contribution < 1.29 is 36.7 Å². The number of piperazine rings is 1. The summed E-state index contributed by atoms with van der Waals surface area (Å²) in [6.07, 6.45) is -7.43. The fourth-order valence-corrected chi connectivity index (χ4v) is 4.65. The largest absolute Gasteiger partial charge is 0.471 e. The number of amides is 3. The van der Waals surface area contributed by atoms with Gasteiger partial charge in [-0.1, -0.05) is 34.8 Å². The molecule has 9 nitrogen and oxygen atoms in total. The number of carbonyl (C=O) groups is 3. The minimum absolute atomic E-state index is 0.143. The number of rotatable bonds is 7. The summed E-state index contributed by atoms with van der Waals surface area (Å²) in [6.45, 7) is 2.12. The SMILES string of the molecule is CC1CN(c2ccc(N3C[C@H](CNC(=O)C(F)(F)F)OC3=O)cc2F)CCN1C(NC=O)C(Cl)(Cl)Cl. The third-order valence-electron chi connectivity index (χ3n) is 5.75. The molecule has 2 aliphatic rings. The number of halogens is 7. The van der Waals surface area contributed by atoms with Gasteiger partial charge < -0.3 is 20.3 Å². The second-order valence-corrected chi connectivity index (χ2v) is 10.6. The third kappa shape index (κ3) is 6.55. The molecule has 2 heterocycles. The minimum atomic E-state index is -5.06. The number of alkyl halides is 6. The summed E-state index contributed by atoms with van der Waals surface area (Å²) in [7, 11) is 0. The lowest BCUT2D eigenvalue weighted by molar-refractivity contribution is -0.173. The van der Waals surface area contributed by atoms with Crippen LogP contribution in [0, 0.1) is 5.82 Å². The summed E-state index contributed by atoms with van der Waals surface area (Å²) in [6, 6.07) is 3.82. The maximum Gasteiger partial charge on any atom is 0.471 e. The van der Waals surface area contributed by atoms with E-state index in [-0.39, 0.29) is 24.0 Å². The van der Waals surface area contributed by atoms with E-state index in [1.807, 2.05) is 6.92 Å². The first kappa shape index (κ1) is 28.4. The van der Waals surface area contributed by atoms with Gasteiger partial charge in [-0.3, -0.25) is 19.4 Å². The van der Waals surface area contributed by atoms with Crippen LogP contribution in [0.5, 0.6) is 0 Å². The van der Waals surface area contributed by atoms with Crippen molar-refractivity contribution in [2.45, 2.75) is 35.2 Å². The quantitative estimate of drug-likeness (QED) is 0.294. The molecule has 200 valence electrons. The summed E-state index contributed by atoms with van der Waals surface area (Å²) < 4.78 is 55.2. The van der Waals surface area contributed by atoms with Gasteiger partial charge in [-0.15, -0.1) is 0 Å². The van der Waals surface area contributed by atoms with Crippen LogP contribution in [0.4, 0.5) is 33.7 Å². The van der Waals surface area contributed by atoms with Crippen molar-refractivity contribution in [2.75, 3.05) is 42.5 Å². The minimum Gasteiger partial charge on any atom is -0.442 e. The van der Waals surface area contributed by atoms with Gasteiger partial charge in [0.25, 0.3) is 0 Å². The Balaban J connectivity index is 1.65. The summed E-state index contributed by atoms with van der Waals surface area (Å²) in [5, 5.41) is 4.14. The summed E-state index contributed by atoms with van der Waals surface area (Å²) in [4.78, 5) is 38.7. The van der Waals surface area contributed by atoms with Gasteiger partial charge in [-0.25, -0.2) is 9.18 Å². The van der Waals surface area contributed by atoms with Crippen molar-refractivity contribution in [2.24, 2.45) is 0 Å². The van der Waals surface area contributed by atoms with E-state index in [0.717, 1.165) is 11.0 Å². The Morgan fingerprint density at radius 3 is 2.50 bits per heavy atom. The van der Waals surface area contributed by atoms with E-state index in [4.69, 9.17) is 39.5 Å². The maximum absolute atomic E-state index is 15.1. The molecule has 3 rings (SSSR count). The lowest BCUT2D eigenvalue weighted by Gasteiger charge is -2.46. The molecule has 0 aromatic heterocycles. The number of cyclic esters (lactones) is 1. The predicted molar refractivity (Wildman–Crippen MR) is 125 cm³/mol. The molecule has 1 aromatic rings. The highest BCUT2D eigenvalue weighted by Gasteiger charge is 2.42. The lowest BCUT2D eigenvalue weighted by Crippen LogP contribution is -2.63. The summed E-state index contributed by atoms with van der Waals surface area (Å²) in [5.74, 6) is -2.79. The zero-order valence-corrected chi connectivity index (χ0v) is 21.0. The predicted octanol–water partition coefficient (Wildman–Crippen LogP) is 2.78. The van der Waals surface area contributed by atoms with E-state index in [0.29, 0.717) is 26.0 Å². The number of nitrogens with zero attached hydrogens (tertiary/aromatic N) is 3. The van der Waals surface area contributed by atoms with Crippen molar-refractivity contribution in [3.63, 3.8) is 0 Å². The molecule has 0 bridgehead atoms. The molecule has 16 heteroatoms. The second-order valence-electron chi connectivity index (χ2n) is 8.22. The number of benzene rings is 1. The normalized spacial score (nSPS) is 22.3. The topological polar surface area (TPSA) is 94.2 Å². The van der Waals surface area contributed by atoms with Gasteiger partial charge in [0.05, 0.1) is 24.5 Å². The first-order valence-electron chi connectivity index (χ1n) is 10.6. The molecule has 2 N–H and O–H groups in total. The standard InChI is InChI=1S/C20H22Cl3F4N5O4/c1-11-8-30(4-5-31(11)16(29-10-33)19(21,22)23)15-3-2-12(6-14(15)24)32-9-13(36-18(32)35)7-28-17(34)20(25,26)27/h2-3,6,10-11,13,16H,4-5,7-9H2,1H3,(H,28,34)(H,29,33)/t11?,13-,16?/m0/s1. The van der Waals surface area contributed by atoms with Crippen molar-refractivity contribution in [3.05, 3.63) is 24.0 Å². The second kappa shape index (κ2) is 11.0. The van der Waals surface area contributed by atoms with Gasteiger partial charge in [0.2, 0.25) is 10.2 Å². The maximum atomic E-state index is 15.1. The molecule has 0 aliphatic carbocycles. The first-order chi connectivity index (χ1) is 16.7. The van der Waals surface area contributed by atoms with Gasteiger partial charge in [0.15, 0.2) is 0 Å². The van der Waals surface area contributed by atoms with Crippen molar-refractivity contribution in [1.82, 2.24) is 15.5 Å². The number of anilines is 2. The van der Waals surface area contributed by atoms with Crippen LogP contribution >= 0.6 is 34.8 Å². The van der Waals surface area contributed by atoms with Gasteiger partial charge in [-0.2, -0.15) is 13.2 Å². The van der Waals surface area contributed by atoms with Gasteiger partial charge in [0, 0.05) is 25.7 Å². The van der Waals surface area contributed by atoms with Crippen molar-refractivity contribution in [3.8, 4) is 0 Å². The third-order valence-corrected chi connectivity index (χ3v) is 6.37. The fraction of sp³-hybridized carbons (Fsp3) is 0.550. The number of nitrogens with one attached hydrogen (secondary N) is 2. The molecule has 1 aromatic carbocycles. The van der Waals surface area contributed by atoms with Crippen LogP contribution in [0.2, 0.25) is 0 Å². The lowest BCUT2D eigenvalue weighted by atomic mass is 10.1. The van der Waals surface area contributed by atoms with E-state index >= 15 is 4.39 Å². The molecule has 2 fully saturated rings. The van der Waals surface area contributed by atoms with Crippen LogP contribution in [0.1, 0.15) is 6.92 Å². The molecule has 0 saturated carbocycles. The van der Waals surface area contributed by atoms with Gasteiger partial charge in [0.1, 0.15) is 18.1 Å². The van der Waals surface area contributed by atoms with Crippen LogP contribution in [0.25, 0.3) is 0 Å². The zero-order valence-electron chi connectivity index (χ0n) is 18.7. The highest BCUT2D eigenvalue weighted by atomic mass is 35.6. The number of hydrogen-bond acceptors (Lipinski definition) is 6. The fourth-order valence-electron chi connectivity index (χ4n) is 4.08. The highest BCUT2D eigenvalue weighted by Crippen LogP contribution is 2.35. The Morgan fingerprint density at radius 2 is 1.94 bits per heavy atom. The molecule has 3 amide bonds. The Labute approximate surface area is 218 Å². The molecule has 0 radical (unpaired) electrons. The van der Waals surface area contributed by atoms with E-state index in [9.17, 15) is 27.6 Å². The Kier molecular flexibility index (Phi) is 8.69. The smallest absolute Gasteiger partial charge is 0.442 e. The molecule has 36 heavy (non-hydrogen) atoms. The number of hydrogen-bond donors (Lipinski definition) is 2. The Morgan fingerprint density at radius 1 is 1.25 bits per heavy atom. The zero-order chi connectivity index (χ0) is 26.8. The van der Waals surface area contributed by atoms with Crippen LogP contribution in [-0.2, 0) is 14.3 Å². The van der Waals surface area contributed by atoms with Gasteiger partial charge in [-0.05, 0) is 25.1 Å². The number of ether oxygens (including phenoxy) is 1. The van der Waals surface area contributed by atoms with Crippen LogP contribution in [0.15, 0.2) is 18.2 Å². The van der Waals surface area contributed by atoms with Crippen molar-refractivity contribution in [1.29, 1.82) is 0 Å². The molecular formula is C20H22Cl3F4N5O4. The highest BCUT2D eigenvalue weighted by molar-refractivity contribution is 6.68. The molecular weight excluding hydrogens is 557 g/mol. The molecule has 2 saturated heterocycles. The van der Waals surface area contributed by atoms with E-state index in [1.54, 1.807) is 15.1 Å². The van der Waals surface area contributed by atoms with Crippen LogP contribution in [-0.4, -0.2) is 84.3 Å². The van der Waals surface area contributed by atoms with E-state index < -0.39 is 46.6 Å². The molecule has 3 atom stereocenters. The van der Waals surface area contributed by atoms with Crippen LogP contribution in [0.3, 0.4) is 0 Å². The van der Waals surface area contributed by atoms with Crippen LogP contribution < -0.4 is 20.4 Å². The molecule has 2 unspecified atom stereocenters. The Hall–Kier alpha value is -2.22. The molecule has 2 aliphatic heterocycles. The Bertz CT molecular complexity index is 997. The monoisotopic (exact) mass is 577 g/mol. The van der Waals surface area contributed by atoms with E-state index in [2.05, 4.69) is 5.32 Å². The van der Waals surface area contributed by atoms with Gasteiger partial charge >= 0.3 is 18.2 Å². The first-order valence-corrected chi connectivity index (χ1v) is 11.8. The average molecular weight is 579 g/mol. The average Bonchev–Trinajstić information content (AvgIpc) is 3.15. The summed E-state index contributed by atoms with van der Waals surface area (Å²) >= 11 is 18.0. The number of carbonyl (C=O) groups excluding carboxylic acids is 3. The van der Waals surface area contributed by atoms with Crippen molar-refractivity contribution >= 4 is 64.6 Å².